The van der Waals surface area contributed by atoms with Crippen molar-refractivity contribution in [3.63, 3.8) is 0 Å². The molecule has 7 nitrogen and oxygen atoms in total. The molecule has 1 aliphatic rings. The molecule has 132 valence electrons. The predicted octanol–water partition coefficient (Wildman–Crippen LogP) is 1.74. The van der Waals surface area contributed by atoms with Gasteiger partial charge in [0.05, 0.1) is 11.7 Å². The topological polar surface area (TPSA) is 80.1 Å². The Bertz CT molecular complexity index is 799. The first kappa shape index (κ1) is 17.1. The van der Waals surface area contributed by atoms with Crippen LogP contribution in [0.15, 0.2) is 24.5 Å². The third-order valence-corrected chi connectivity index (χ3v) is 4.61. The van der Waals surface area contributed by atoms with Gasteiger partial charge in [0.1, 0.15) is 11.5 Å². The number of likely N-dealkylation sites (tertiary alicyclic amines) is 1. The van der Waals surface area contributed by atoms with E-state index in [-0.39, 0.29) is 17.9 Å². The van der Waals surface area contributed by atoms with Crippen LogP contribution in [0.5, 0.6) is 0 Å². The summed E-state index contributed by atoms with van der Waals surface area (Å²) in [6.07, 6.45) is 5.43. The minimum atomic E-state index is -0.145. The summed E-state index contributed by atoms with van der Waals surface area (Å²) in [5, 5.41) is 2.93. The summed E-state index contributed by atoms with van der Waals surface area (Å²) < 4.78 is 1.77. The van der Waals surface area contributed by atoms with Crippen molar-refractivity contribution in [1.29, 1.82) is 0 Å². The number of nitrogens with zero attached hydrogens (tertiary/aromatic N) is 4. The summed E-state index contributed by atoms with van der Waals surface area (Å²) in [6, 6.07) is 3.57. The molecule has 7 heteroatoms. The highest BCUT2D eigenvalue weighted by Crippen LogP contribution is 2.32. The summed E-state index contributed by atoms with van der Waals surface area (Å²) in [4.78, 5) is 34.9. The van der Waals surface area contributed by atoms with Crippen LogP contribution in [0, 0.1) is 6.92 Å². The van der Waals surface area contributed by atoms with Crippen LogP contribution >= 0.6 is 0 Å². The van der Waals surface area contributed by atoms with Gasteiger partial charge in [-0.2, -0.15) is 0 Å². The molecule has 0 radical (unpaired) electrons. The molecule has 0 bridgehead atoms. The first-order chi connectivity index (χ1) is 12.0. The fourth-order valence-electron chi connectivity index (χ4n) is 3.33. The lowest BCUT2D eigenvalue weighted by atomic mass is 10.1. The molecule has 1 atom stereocenters. The minimum Gasteiger partial charge on any atom is -0.347 e. The monoisotopic (exact) mass is 341 g/mol. The molecule has 2 aromatic rings. The van der Waals surface area contributed by atoms with Crippen LogP contribution in [0.3, 0.4) is 0 Å². The zero-order valence-corrected chi connectivity index (χ0v) is 14.8. The lowest BCUT2D eigenvalue weighted by molar-refractivity contribution is -0.129. The first-order valence-electron chi connectivity index (χ1n) is 8.46. The number of hydrogen-bond acceptors (Lipinski definition) is 4. The standard InChI is InChI=1S/C18H23N5O2/c1-12-19-10-14(11-20-18(25)16-7-4-8-22(16)3)17(21-12)15-6-5-9-23(15)13(2)24/h4,7-8,10,15H,5-6,9,11H2,1-3H3,(H,20,25)/t15-/m1/s1. The molecule has 0 aromatic carbocycles. The fourth-order valence-corrected chi connectivity index (χ4v) is 3.33. The van der Waals surface area contributed by atoms with Crippen molar-refractivity contribution >= 4 is 11.8 Å². The highest BCUT2D eigenvalue weighted by Gasteiger charge is 2.31. The van der Waals surface area contributed by atoms with Gasteiger partial charge >= 0.3 is 0 Å². The van der Waals surface area contributed by atoms with E-state index in [1.54, 1.807) is 23.8 Å². The van der Waals surface area contributed by atoms with Crippen LogP contribution in [0.1, 0.15) is 53.4 Å². The number of aryl methyl sites for hydroxylation is 2. The third kappa shape index (κ3) is 3.55. The Kier molecular flexibility index (Phi) is 4.83. The smallest absolute Gasteiger partial charge is 0.268 e. The van der Waals surface area contributed by atoms with Gasteiger partial charge in [-0.25, -0.2) is 9.97 Å². The van der Waals surface area contributed by atoms with Crippen molar-refractivity contribution in [2.45, 2.75) is 39.3 Å². The van der Waals surface area contributed by atoms with E-state index in [0.717, 1.165) is 30.6 Å². The zero-order chi connectivity index (χ0) is 18.0. The Balaban J connectivity index is 1.81. The van der Waals surface area contributed by atoms with Crippen LogP contribution in [-0.4, -0.2) is 37.8 Å². The van der Waals surface area contributed by atoms with Crippen molar-refractivity contribution in [3.8, 4) is 0 Å². The second kappa shape index (κ2) is 7.04. The summed E-state index contributed by atoms with van der Waals surface area (Å²) in [5.74, 6) is 0.578. The molecule has 0 aliphatic carbocycles. The van der Waals surface area contributed by atoms with Crippen molar-refractivity contribution in [2.75, 3.05) is 6.54 Å². The van der Waals surface area contributed by atoms with E-state index >= 15 is 0 Å². The zero-order valence-electron chi connectivity index (χ0n) is 14.8. The van der Waals surface area contributed by atoms with Crippen LogP contribution in [0.4, 0.5) is 0 Å². The van der Waals surface area contributed by atoms with Gasteiger partial charge in [-0.05, 0) is 31.9 Å². The van der Waals surface area contributed by atoms with Crippen LogP contribution in [-0.2, 0) is 18.4 Å². The van der Waals surface area contributed by atoms with Crippen molar-refractivity contribution in [3.05, 3.63) is 47.3 Å². The predicted molar refractivity (Wildman–Crippen MR) is 92.7 cm³/mol. The number of carbonyl (C=O) groups excluding carboxylic acids is 2. The average Bonchev–Trinajstić information content (AvgIpc) is 3.22. The van der Waals surface area contributed by atoms with Gasteiger partial charge in [0.15, 0.2) is 0 Å². The molecule has 0 saturated carbocycles. The summed E-state index contributed by atoms with van der Waals surface area (Å²) in [5.41, 5.74) is 2.29. The van der Waals surface area contributed by atoms with Crippen molar-refractivity contribution in [2.24, 2.45) is 7.05 Å². The molecule has 2 amide bonds. The van der Waals surface area contributed by atoms with Gasteiger partial charge < -0.3 is 14.8 Å². The van der Waals surface area contributed by atoms with E-state index < -0.39 is 0 Å². The van der Waals surface area contributed by atoms with E-state index in [9.17, 15) is 9.59 Å². The molecule has 1 fully saturated rings. The van der Waals surface area contributed by atoms with Gasteiger partial charge in [-0.1, -0.05) is 0 Å². The van der Waals surface area contributed by atoms with Gasteiger partial charge in [0, 0.05) is 45.0 Å². The molecule has 3 heterocycles. The number of aromatic nitrogens is 3. The molecule has 1 N–H and O–H groups in total. The van der Waals surface area contributed by atoms with E-state index in [4.69, 9.17) is 0 Å². The highest BCUT2D eigenvalue weighted by molar-refractivity contribution is 5.92. The molecular formula is C18H23N5O2. The van der Waals surface area contributed by atoms with Crippen LogP contribution < -0.4 is 5.32 Å². The lowest BCUT2D eigenvalue weighted by Gasteiger charge is -2.25. The molecule has 1 saturated heterocycles. The third-order valence-electron chi connectivity index (χ3n) is 4.61. The molecule has 25 heavy (non-hydrogen) atoms. The highest BCUT2D eigenvalue weighted by atomic mass is 16.2. The maximum absolute atomic E-state index is 12.3. The average molecular weight is 341 g/mol. The molecule has 3 rings (SSSR count). The normalized spacial score (nSPS) is 16.9. The van der Waals surface area contributed by atoms with Gasteiger partial charge in [-0.15, -0.1) is 0 Å². The second-order valence-corrected chi connectivity index (χ2v) is 6.39. The Hall–Kier alpha value is -2.70. The molecule has 0 spiro atoms. The maximum Gasteiger partial charge on any atom is 0.268 e. The summed E-state index contributed by atoms with van der Waals surface area (Å²) >= 11 is 0. The Morgan fingerprint density at radius 1 is 1.40 bits per heavy atom. The molecular weight excluding hydrogens is 318 g/mol. The van der Waals surface area contributed by atoms with Crippen LogP contribution in [0.25, 0.3) is 0 Å². The quantitative estimate of drug-likeness (QED) is 0.918. The van der Waals surface area contributed by atoms with Gasteiger partial charge in [-0.3, -0.25) is 9.59 Å². The number of carbonyl (C=O) groups is 2. The fraction of sp³-hybridized carbons (Fsp3) is 0.444. The van der Waals surface area contributed by atoms with E-state index in [0.29, 0.717) is 18.1 Å². The van der Waals surface area contributed by atoms with Crippen molar-refractivity contribution < 1.29 is 9.59 Å². The number of rotatable bonds is 4. The SMILES string of the molecule is CC(=O)N1CCC[C@@H]1c1nc(C)ncc1CNC(=O)c1cccn1C. The Morgan fingerprint density at radius 3 is 2.88 bits per heavy atom. The van der Waals surface area contributed by atoms with Crippen molar-refractivity contribution in [1.82, 2.24) is 24.8 Å². The Labute approximate surface area is 147 Å². The lowest BCUT2D eigenvalue weighted by Crippen LogP contribution is -2.31. The van der Waals surface area contributed by atoms with E-state index in [1.807, 2.05) is 31.1 Å². The summed E-state index contributed by atoms with van der Waals surface area (Å²) in [6.45, 7) is 4.51. The molecule has 2 aromatic heterocycles. The van der Waals surface area contributed by atoms with Crippen LogP contribution in [0.2, 0.25) is 0 Å². The van der Waals surface area contributed by atoms with E-state index in [1.165, 1.54) is 0 Å². The van der Waals surface area contributed by atoms with Gasteiger partial charge in [0.2, 0.25) is 5.91 Å². The summed E-state index contributed by atoms with van der Waals surface area (Å²) in [7, 11) is 1.83. The maximum atomic E-state index is 12.3. The number of amides is 2. The van der Waals surface area contributed by atoms with E-state index in [2.05, 4.69) is 15.3 Å². The Morgan fingerprint density at radius 2 is 2.20 bits per heavy atom. The van der Waals surface area contributed by atoms with Gasteiger partial charge in [0.25, 0.3) is 5.91 Å². The number of nitrogens with one attached hydrogen (secondary N) is 1. The first-order valence-corrected chi connectivity index (χ1v) is 8.46. The largest absolute Gasteiger partial charge is 0.347 e. The molecule has 1 aliphatic heterocycles. The minimum absolute atomic E-state index is 0.0406. The molecule has 0 unspecified atom stereocenters. The second-order valence-electron chi connectivity index (χ2n) is 6.39. The number of hydrogen-bond donors (Lipinski definition) is 1.